The molecule has 0 N–H and O–H groups in total. The highest BCUT2D eigenvalue weighted by Crippen LogP contribution is 2.33. The smallest absolute Gasteiger partial charge is 0.143 e. The molecule has 2 aromatic carbocycles. The number of nitrogens with zero attached hydrogens (tertiary/aromatic N) is 5. The van der Waals surface area contributed by atoms with Crippen molar-refractivity contribution in [1.29, 1.82) is 0 Å². The fourth-order valence-electron chi connectivity index (χ4n) is 4.47. The largest absolute Gasteiger partial charge is 0.361 e. The summed E-state index contributed by atoms with van der Waals surface area (Å²) in [5, 5.41) is 8.98. The number of hydrogen-bond acceptors (Lipinski definition) is 5. The topological polar surface area (TPSA) is 50.3 Å². The molecular weight excluding hydrogens is 417 g/mol. The third-order valence-corrected chi connectivity index (χ3v) is 6.39. The summed E-state index contributed by atoms with van der Waals surface area (Å²) in [6.07, 6.45) is 1.97. The molecular formula is C26H28FN5O. The summed E-state index contributed by atoms with van der Waals surface area (Å²) in [6.45, 7) is 8.97. The van der Waals surface area contributed by atoms with E-state index >= 15 is 0 Å². The van der Waals surface area contributed by atoms with Crippen molar-refractivity contribution in [3.8, 4) is 28.1 Å². The maximum absolute atomic E-state index is 13.3. The zero-order valence-corrected chi connectivity index (χ0v) is 19.3. The van der Waals surface area contributed by atoms with Crippen LogP contribution in [0.25, 0.3) is 28.1 Å². The summed E-state index contributed by atoms with van der Waals surface area (Å²) in [6, 6.07) is 14.7. The normalized spacial score (nSPS) is 15.3. The van der Waals surface area contributed by atoms with Crippen molar-refractivity contribution in [2.75, 3.05) is 33.2 Å². The van der Waals surface area contributed by atoms with Gasteiger partial charge in [-0.1, -0.05) is 29.4 Å². The van der Waals surface area contributed by atoms with Crippen LogP contribution in [0.2, 0.25) is 0 Å². The van der Waals surface area contributed by atoms with E-state index in [1.165, 1.54) is 12.1 Å². The Labute approximate surface area is 193 Å². The Balaban J connectivity index is 1.52. The molecule has 170 valence electrons. The Morgan fingerprint density at radius 3 is 2.15 bits per heavy atom. The Morgan fingerprint density at radius 1 is 0.909 bits per heavy atom. The van der Waals surface area contributed by atoms with E-state index in [-0.39, 0.29) is 5.82 Å². The first-order chi connectivity index (χ1) is 16.0. The lowest BCUT2D eigenvalue weighted by molar-refractivity contribution is 0.148. The third kappa shape index (κ3) is 4.34. The van der Waals surface area contributed by atoms with Gasteiger partial charge in [-0.3, -0.25) is 4.90 Å². The van der Waals surface area contributed by atoms with Crippen molar-refractivity contribution in [3.05, 3.63) is 77.6 Å². The van der Waals surface area contributed by atoms with Gasteiger partial charge in [0, 0.05) is 38.3 Å². The zero-order valence-electron chi connectivity index (χ0n) is 19.3. The lowest BCUT2D eigenvalue weighted by Gasteiger charge is -2.32. The van der Waals surface area contributed by atoms with Crippen LogP contribution in [0, 0.1) is 19.7 Å². The minimum atomic E-state index is -0.233. The van der Waals surface area contributed by atoms with Gasteiger partial charge in [-0.15, -0.1) is 0 Å². The molecule has 5 rings (SSSR count). The summed E-state index contributed by atoms with van der Waals surface area (Å²) in [7, 11) is 2.17. The van der Waals surface area contributed by atoms with Crippen LogP contribution in [0.1, 0.15) is 17.0 Å². The van der Waals surface area contributed by atoms with Crippen LogP contribution in [0.5, 0.6) is 0 Å². The molecule has 4 aromatic rings. The molecule has 7 heteroatoms. The molecule has 33 heavy (non-hydrogen) atoms. The lowest BCUT2D eigenvalue weighted by Crippen LogP contribution is -2.43. The highest BCUT2D eigenvalue weighted by Gasteiger charge is 2.24. The second kappa shape index (κ2) is 8.92. The predicted molar refractivity (Wildman–Crippen MR) is 127 cm³/mol. The minimum absolute atomic E-state index is 0.233. The lowest BCUT2D eigenvalue weighted by atomic mass is 10.0. The summed E-state index contributed by atoms with van der Waals surface area (Å²) < 4.78 is 20.8. The van der Waals surface area contributed by atoms with Gasteiger partial charge in [-0.25, -0.2) is 9.07 Å². The number of aromatic nitrogens is 3. The number of likely N-dealkylation sites (N-methyl/N-ethyl adjacent to an activating group) is 1. The van der Waals surface area contributed by atoms with E-state index in [9.17, 15) is 4.39 Å². The molecule has 0 aliphatic carbocycles. The van der Waals surface area contributed by atoms with Crippen LogP contribution < -0.4 is 0 Å². The van der Waals surface area contributed by atoms with Gasteiger partial charge in [0.25, 0.3) is 0 Å². The van der Waals surface area contributed by atoms with E-state index in [0.717, 1.165) is 77.8 Å². The second-order valence-corrected chi connectivity index (χ2v) is 8.76. The Hall–Kier alpha value is -3.29. The van der Waals surface area contributed by atoms with Gasteiger partial charge in [0.2, 0.25) is 0 Å². The molecule has 0 amide bonds. The molecule has 0 radical (unpaired) electrons. The fourth-order valence-corrected chi connectivity index (χ4v) is 4.47. The van der Waals surface area contributed by atoms with Crippen LogP contribution in [0.15, 0.2) is 59.3 Å². The molecule has 0 spiro atoms. The monoisotopic (exact) mass is 445 g/mol. The van der Waals surface area contributed by atoms with Gasteiger partial charge in [-0.05, 0) is 56.3 Å². The number of hydrogen-bond donors (Lipinski definition) is 0. The Bertz CT molecular complexity index is 1220. The van der Waals surface area contributed by atoms with Crippen molar-refractivity contribution in [2.45, 2.75) is 20.4 Å². The molecule has 0 saturated carbocycles. The fraction of sp³-hybridized carbons (Fsp3) is 0.308. The van der Waals surface area contributed by atoms with E-state index in [0.29, 0.717) is 0 Å². The SMILES string of the molecule is Cc1noc(C)c1-c1c(CN2CCN(C)CC2)cnn1-c1ccc(-c2ccc(F)cc2)cc1. The van der Waals surface area contributed by atoms with Gasteiger partial charge < -0.3 is 9.42 Å². The number of aryl methyl sites for hydroxylation is 2. The van der Waals surface area contributed by atoms with Crippen molar-refractivity contribution in [1.82, 2.24) is 24.7 Å². The summed E-state index contributed by atoms with van der Waals surface area (Å²) in [4.78, 5) is 4.83. The van der Waals surface area contributed by atoms with Crippen molar-refractivity contribution in [2.24, 2.45) is 0 Å². The first-order valence-corrected chi connectivity index (χ1v) is 11.3. The van der Waals surface area contributed by atoms with E-state index in [1.54, 1.807) is 12.1 Å². The first-order valence-electron chi connectivity index (χ1n) is 11.3. The number of piperazine rings is 1. The van der Waals surface area contributed by atoms with Gasteiger partial charge in [-0.2, -0.15) is 5.10 Å². The molecule has 6 nitrogen and oxygen atoms in total. The third-order valence-electron chi connectivity index (χ3n) is 6.39. The molecule has 1 saturated heterocycles. The molecule has 2 aromatic heterocycles. The van der Waals surface area contributed by atoms with E-state index in [2.05, 4.69) is 22.0 Å². The number of benzene rings is 2. The van der Waals surface area contributed by atoms with Gasteiger partial charge in [0.1, 0.15) is 11.6 Å². The zero-order chi connectivity index (χ0) is 22.9. The van der Waals surface area contributed by atoms with E-state index in [1.807, 2.05) is 49.0 Å². The standard InChI is InChI=1S/C26H28FN5O/c1-18-25(19(2)33-29-18)26-22(17-31-14-12-30(3)13-15-31)16-28-32(26)24-10-6-21(7-11-24)20-4-8-23(27)9-5-20/h4-11,16H,12-15,17H2,1-3H3. The van der Waals surface area contributed by atoms with Crippen LogP contribution in [0.4, 0.5) is 4.39 Å². The quantitative estimate of drug-likeness (QED) is 0.446. The second-order valence-electron chi connectivity index (χ2n) is 8.76. The summed E-state index contributed by atoms with van der Waals surface area (Å²) in [5.41, 5.74) is 7.01. The highest BCUT2D eigenvalue weighted by molar-refractivity contribution is 5.70. The maximum Gasteiger partial charge on any atom is 0.143 e. The molecule has 3 heterocycles. The van der Waals surface area contributed by atoms with Crippen LogP contribution >= 0.6 is 0 Å². The average molecular weight is 446 g/mol. The van der Waals surface area contributed by atoms with Crippen LogP contribution in [0.3, 0.4) is 0 Å². The van der Waals surface area contributed by atoms with Crippen LogP contribution in [-0.4, -0.2) is 58.0 Å². The molecule has 0 bridgehead atoms. The first kappa shape index (κ1) is 21.6. The van der Waals surface area contributed by atoms with Gasteiger partial charge >= 0.3 is 0 Å². The number of halogens is 1. The number of rotatable bonds is 5. The van der Waals surface area contributed by atoms with E-state index in [4.69, 9.17) is 9.62 Å². The Morgan fingerprint density at radius 2 is 1.55 bits per heavy atom. The maximum atomic E-state index is 13.3. The van der Waals surface area contributed by atoms with Crippen molar-refractivity contribution < 1.29 is 8.91 Å². The molecule has 1 fully saturated rings. The van der Waals surface area contributed by atoms with Crippen molar-refractivity contribution in [3.63, 3.8) is 0 Å². The summed E-state index contributed by atoms with van der Waals surface area (Å²) >= 11 is 0. The molecule has 1 aliphatic rings. The van der Waals surface area contributed by atoms with Crippen LogP contribution in [-0.2, 0) is 6.54 Å². The molecule has 0 atom stereocenters. The molecule has 0 unspecified atom stereocenters. The van der Waals surface area contributed by atoms with Gasteiger partial charge in [0.05, 0.1) is 28.8 Å². The van der Waals surface area contributed by atoms with Crippen molar-refractivity contribution >= 4 is 0 Å². The van der Waals surface area contributed by atoms with E-state index < -0.39 is 0 Å². The Kier molecular flexibility index (Phi) is 5.83. The molecule has 1 aliphatic heterocycles. The summed E-state index contributed by atoms with van der Waals surface area (Å²) in [5.74, 6) is 0.556. The average Bonchev–Trinajstić information content (AvgIpc) is 3.37. The predicted octanol–water partition coefficient (Wildman–Crippen LogP) is 4.70. The highest BCUT2D eigenvalue weighted by atomic mass is 19.1. The minimum Gasteiger partial charge on any atom is -0.361 e. The van der Waals surface area contributed by atoms with Gasteiger partial charge in [0.15, 0.2) is 0 Å².